The molecule has 2 amide bonds. The zero-order valence-electron chi connectivity index (χ0n) is 7.62. The predicted octanol–water partition coefficient (Wildman–Crippen LogP) is -1.74. The summed E-state index contributed by atoms with van der Waals surface area (Å²) in [4.78, 5) is 26.2. The Morgan fingerprint density at radius 2 is 2.15 bits per heavy atom. The van der Waals surface area contributed by atoms with Crippen LogP contribution in [-0.4, -0.2) is 60.9 Å². The van der Waals surface area contributed by atoms with Crippen molar-refractivity contribution in [1.29, 1.82) is 0 Å². The summed E-state index contributed by atoms with van der Waals surface area (Å²) in [6, 6.07) is 0.170. The summed E-state index contributed by atoms with van der Waals surface area (Å²) < 4.78 is 0. The summed E-state index contributed by atoms with van der Waals surface area (Å²) in [7, 11) is 1.92. The SMILES string of the molecule is CN1CC(=O)N2CC(=O)NCC2C1. The van der Waals surface area contributed by atoms with Crippen molar-refractivity contribution in [3.63, 3.8) is 0 Å². The summed E-state index contributed by atoms with van der Waals surface area (Å²) in [5.41, 5.74) is 0. The molecule has 0 aromatic carbocycles. The monoisotopic (exact) mass is 183 g/mol. The molecule has 0 bridgehead atoms. The number of amides is 2. The van der Waals surface area contributed by atoms with E-state index in [4.69, 9.17) is 0 Å². The molecular weight excluding hydrogens is 170 g/mol. The van der Waals surface area contributed by atoms with E-state index in [1.54, 1.807) is 4.90 Å². The highest BCUT2D eigenvalue weighted by Gasteiger charge is 2.34. The molecule has 1 atom stereocenters. The number of fused-ring (bicyclic) bond motifs is 1. The highest BCUT2D eigenvalue weighted by atomic mass is 16.2. The van der Waals surface area contributed by atoms with Crippen LogP contribution >= 0.6 is 0 Å². The molecule has 2 aliphatic heterocycles. The van der Waals surface area contributed by atoms with Crippen LogP contribution in [0.5, 0.6) is 0 Å². The second-order valence-electron chi connectivity index (χ2n) is 3.68. The maximum absolute atomic E-state index is 11.5. The number of rotatable bonds is 0. The van der Waals surface area contributed by atoms with Crippen molar-refractivity contribution >= 4 is 11.8 Å². The number of nitrogens with one attached hydrogen (secondary N) is 1. The topological polar surface area (TPSA) is 52.7 Å². The number of nitrogens with zero attached hydrogens (tertiary/aromatic N) is 2. The Morgan fingerprint density at radius 1 is 1.38 bits per heavy atom. The molecule has 1 N–H and O–H groups in total. The van der Waals surface area contributed by atoms with Gasteiger partial charge in [-0.15, -0.1) is 0 Å². The zero-order valence-corrected chi connectivity index (χ0v) is 7.62. The van der Waals surface area contributed by atoms with Crippen molar-refractivity contribution in [2.24, 2.45) is 0 Å². The molecule has 5 heteroatoms. The predicted molar refractivity (Wildman–Crippen MR) is 46.0 cm³/mol. The third-order valence-electron chi connectivity index (χ3n) is 2.54. The average molecular weight is 183 g/mol. The smallest absolute Gasteiger partial charge is 0.239 e. The van der Waals surface area contributed by atoms with Crippen LogP contribution in [0, 0.1) is 0 Å². The lowest BCUT2D eigenvalue weighted by Gasteiger charge is -2.42. The van der Waals surface area contributed by atoms with E-state index in [1.807, 2.05) is 11.9 Å². The molecule has 0 saturated carbocycles. The highest BCUT2D eigenvalue weighted by Crippen LogP contribution is 2.11. The number of carbonyl (C=O) groups excluding carboxylic acids is 2. The highest BCUT2D eigenvalue weighted by molar-refractivity contribution is 5.87. The van der Waals surface area contributed by atoms with E-state index >= 15 is 0 Å². The first-order valence-electron chi connectivity index (χ1n) is 4.41. The first-order valence-corrected chi connectivity index (χ1v) is 4.41. The Kier molecular flexibility index (Phi) is 1.95. The molecule has 72 valence electrons. The van der Waals surface area contributed by atoms with Gasteiger partial charge in [0.15, 0.2) is 0 Å². The Balaban J connectivity index is 2.11. The minimum Gasteiger partial charge on any atom is -0.352 e. The molecule has 2 fully saturated rings. The lowest BCUT2D eigenvalue weighted by Crippen LogP contribution is -2.64. The molecule has 0 aromatic heterocycles. The van der Waals surface area contributed by atoms with Crippen molar-refractivity contribution in [1.82, 2.24) is 15.1 Å². The van der Waals surface area contributed by atoms with Crippen molar-refractivity contribution in [3.8, 4) is 0 Å². The van der Waals surface area contributed by atoms with E-state index in [-0.39, 0.29) is 24.4 Å². The van der Waals surface area contributed by atoms with Gasteiger partial charge in [0.2, 0.25) is 11.8 Å². The molecule has 0 aromatic rings. The van der Waals surface area contributed by atoms with E-state index in [9.17, 15) is 9.59 Å². The standard InChI is InChI=1S/C8H13N3O2/c1-10-3-6-2-9-7(12)4-11(6)8(13)5-10/h6H,2-5H2,1H3,(H,9,12). The summed E-state index contributed by atoms with van der Waals surface area (Å²) in [6.45, 7) is 2.11. The summed E-state index contributed by atoms with van der Waals surface area (Å²) in [6.07, 6.45) is 0. The molecule has 2 heterocycles. The van der Waals surface area contributed by atoms with Gasteiger partial charge in [-0.25, -0.2) is 0 Å². The van der Waals surface area contributed by atoms with Crippen molar-refractivity contribution < 1.29 is 9.59 Å². The van der Waals surface area contributed by atoms with Crippen LogP contribution in [0.2, 0.25) is 0 Å². The minimum absolute atomic E-state index is 0.0471. The lowest BCUT2D eigenvalue weighted by atomic mass is 10.1. The Labute approximate surface area is 76.7 Å². The van der Waals surface area contributed by atoms with E-state index in [0.717, 1.165) is 6.54 Å². The summed E-state index contributed by atoms with van der Waals surface area (Å²) >= 11 is 0. The van der Waals surface area contributed by atoms with Gasteiger partial charge in [-0.3, -0.25) is 14.5 Å². The third-order valence-corrected chi connectivity index (χ3v) is 2.54. The van der Waals surface area contributed by atoms with Gasteiger partial charge in [0.05, 0.1) is 19.1 Å². The van der Waals surface area contributed by atoms with Gasteiger partial charge >= 0.3 is 0 Å². The number of hydrogen-bond acceptors (Lipinski definition) is 3. The van der Waals surface area contributed by atoms with Crippen LogP contribution in [0.3, 0.4) is 0 Å². The van der Waals surface area contributed by atoms with Gasteiger partial charge in [0.1, 0.15) is 0 Å². The Morgan fingerprint density at radius 3 is 2.92 bits per heavy atom. The van der Waals surface area contributed by atoms with Crippen LogP contribution in [-0.2, 0) is 9.59 Å². The van der Waals surface area contributed by atoms with Crippen LogP contribution in [0.1, 0.15) is 0 Å². The summed E-state index contributed by atoms with van der Waals surface area (Å²) in [5.74, 6) is 0.0164. The molecule has 2 rings (SSSR count). The third kappa shape index (κ3) is 1.51. The maximum atomic E-state index is 11.5. The molecule has 2 saturated heterocycles. The summed E-state index contributed by atoms with van der Waals surface area (Å²) in [5, 5.41) is 2.76. The fourth-order valence-electron chi connectivity index (χ4n) is 1.88. The van der Waals surface area contributed by atoms with Crippen molar-refractivity contribution in [2.75, 3.05) is 33.2 Å². The van der Waals surface area contributed by atoms with E-state index < -0.39 is 0 Å². The lowest BCUT2D eigenvalue weighted by molar-refractivity contribution is -0.146. The largest absolute Gasteiger partial charge is 0.352 e. The Bertz CT molecular complexity index is 254. The zero-order chi connectivity index (χ0) is 9.42. The second-order valence-corrected chi connectivity index (χ2v) is 3.68. The average Bonchev–Trinajstić information content (AvgIpc) is 2.06. The van der Waals surface area contributed by atoms with Crippen LogP contribution < -0.4 is 5.32 Å². The minimum atomic E-state index is -0.0471. The first-order chi connectivity index (χ1) is 6.16. The van der Waals surface area contributed by atoms with E-state index in [1.165, 1.54) is 0 Å². The molecular formula is C8H13N3O2. The molecule has 0 radical (unpaired) electrons. The van der Waals surface area contributed by atoms with Gasteiger partial charge < -0.3 is 10.2 Å². The second kappa shape index (κ2) is 2.99. The number of piperazine rings is 2. The van der Waals surface area contributed by atoms with Gasteiger partial charge in [-0.1, -0.05) is 0 Å². The number of hydrogen-bond donors (Lipinski definition) is 1. The molecule has 2 aliphatic rings. The molecule has 0 spiro atoms. The molecule has 5 nitrogen and oxygen atoms in total. The Hall–Kier alpha value is -1.10. The van der Waals surface area contributed by atoms with Gasteiger partial charge in [0.25, 0.3) is 0 Å². The van der Waals surface area contributed by atoms with Crippen LogP contribution in [0.4, 0.5) is 0 Å². The maximum Gasteiger partial charge on any atom is 0.239 e. The normalized spacial score (nSPS) is 29.9. The van der Waals surface area contributed by atoms with Gasteiger partial charge in [-0.2, -0.15) is 0 Å². The van der Waals surface area contributed by atoms with Gasteiger partial charge in [-0.05, 0) is 7.05 Å². The first kappa shape index (κ1) is 8.50. The van der Waals surface area contributed by atoms with E-state index in [2.05, 4.69) is 5.32 Å². The number of carbonyl (C=O) groups is 2. The fraction of sp³-hybridized carbons (Fsp3) is 0.750. The fourth-order valence-corrected chi connectivity index (χ4v) is 1.88. The molecule has 1 unspecified atom stereocenters. The molecule has 0 aliphatic carbocycles. The van der Waals surface area contributed by atoms with Crippen molar-refractivity contribution in [3.05, 3.63) is 0 Å². The number of likely N-dealkylation sites (N-methyl/N-ethyl adjacent to an activating group) is 1. The van der Waals surface area contributed by atoms with Crippen LogP contribution in [0.25, 0.3) is 0 Å². The molecule has 13 heavy (non-hydrogen) atoms. The quantitative estimate of drug-likeness (QED) is 0.485. The van der Waals surface area contributed by atoms with Crippen LogP contribution in [0.15, 0.2) is 0 Å². The van der Waals surface area contributed by atoms with Gasteiger partial charge in [0, 0.05) is 13.1 Å². The van der Waals surface area contributed by atoms with Crippen molar-refractivity contribution in [2.45, 2.75) is 6.04 Å². The van der Waals surface area contributed by atoms with E-state index in [0.29, 0.717) is 13.1 Å².